The number of hydrogen-bond acceptors (Lipinski definition) is 1. The summed E-state index contributed by atoms with van der Waals surface area (Å²) < 4.78 is 0. The molecule has 0 unspecified atom stereocenters. The summed E-state index contributed by atoms with van der Waals surface area (Å²) in [7, 11) is 0. The lowest BCUT2D eigenvalue weighted by atomic mass is 9.99. The van der Waals surface area contributed by atoms with Crippen LogP contribution in [0, 0.1) is 0 Å². The van der Waals surface area contributed by atoms with Gasteiger partial charge in [-0.3, -0.25) is 4.98 Å². The number of alkyl halides is 2. The van der Waals surface area contributed by atoms with Crippen molar-refractivity contribution >= 4 is 28.8 Å². The van der Waals surface area contributed by atoms with Gasteiger partial charge in [-0.15, -0.1) is 23.2 Å². The molecule has 0 aromatic carbocycles. The van der Waals surface area contributed by atoms with Gasteiger partial charge in [0, 0.05) is 24.2 Å². The molecule has 1 nitrogen and oxygen atoms in total. The van der Waals surface area contributed by atoms with Gasteiger partial charge < -0.3 is 0 Å². The van der Waals surface area contributed by atoms with Crippen molar-refractivity contribution < 1.29 is 0 Å². The average molecular weight is 272 g/mol. The highest BCUT2D eigenvalue weighted by molar-refractivity contribution is 6.24. The monoisotopic (exact) mass is 271 g/mol. The zero-order valence-corrected chi connectivity index (χ0v) is 11.8. The Morgan fingerprint density at radius 2 is 1.82 bits per heavy atom. The van der Waals surface area contributed by atoms with Crippen molar-refractivity contribution in [2.24, 2.45) is 0 Å². The number of aromatic nitrogens is 1. The lowest BCUT2D eigenvalue weighted by Crippen LogP contribution is -1.96. The van der Waals surface area contributed by atoms with Gasteiger partial charge in [0.25, 0.3) is 0 Å². The van der Waals surface area contributed by atoms with Crippen LogP contribution in [-0.4, -0.2) is 16.7 Å². The maximum absolute atomic E-state index is 6.05. The van der Waals surface area contributed by atoms with E-state index in [1.807, 2.05) is 12.1 Å². The molecule has 0 N–H and O–H groups in total. The molecule has 17 heavy (non-hydrogen) atoms. The Hall–Kier alpha value is -0.530. The van der Waals surface area contributed by atoms with Crippen molar-refractivity contribution in [2.75, 3.05) is 11.8 Å². The van der Waals surface area contributed by atoms with Gasteiger partial charge in [-0.1, -0.05) is 25.3 Å². The number of rotatable bonds is 7. The van der Waals surface area contributed by atoms with Crippen LogP contribution in [0.25, 0.3) is 5.57 Å². The number of nitrogens with zero attached hydrogens (tertiary/aromatic N) is 1. The normalized spacial score (nSPS) is 12.4. The first-order valence-corrected chi connectivity index (χ1v) is 7.13. The number of pyridine rings is 1. The fraction of sp³-hybridized carbons (Fsp3) is 0.500. The van der Waals surface area contributed by atoms with Crippen LogP contribution in [0.2, 0.25) is 0 Å². The minimum absolute atomic E-state index is 0.512. The molecule has 0 aliphatic heterocycles. The smallest absolute Gasteiger partial charge is 0.0480 e. The lowest BCUT2D eigenvalue weighted by molar-refractivity contribution is 0.714. The highest BCUT2D eigenvalue weighted by atomic mass is 35.5. The molecule has 0 saturated carbocycles. The minimum Gasteiger partial charge on any atom is -0.265 e. The lowest BCUT2D eigenvalue weighted by Gasteiger charge is -2.11. The van der Waals surface area contributed by atoms with Gasteiger partial charge in [-0.25, -0.2) is 0 Å². The second-order valence-corrected chi connectivity index (χ2v) is 4.58. The van der Waals surface area contributed by atoms with Gasteiger partial charge in [-0.05, 0) is 36.1 Å². The summed E-state index contributed by atoms with van der Waals surface area (Å²) in [4.78, 5) is 4.02. The second kappa shape index (κ2) is 8.54. The Morgan fingerprint density at radius 1 is 1.12 bits per heavy atom. The summed E-state index contributed by atoms with van der Waals surface area (Å²) in [6.45, 7) is 2.20. The summed E-state index contributed by atoms with van der Waals surface area (Å²) in [5.74, 6) is 1.08. The van der Waals surface area contributed by atoms with E-state index in [0.29, 0.717) is 11.8 Å². The van der Waals surface area contributed by atoms with Crippen molar-refractivity contribution in [3.05, 3.63) is 35.7 Å². The summed E-state index contributed by atoms with van der Waals surface area (Å²) >= 11 is 12.1. The van der Waals surface area contributed by atoms with Crippen molar-refractivity contribution in [3.63, 3.8) is 0 Å². The van der Waals surface area contributed by atoms with Gasteiger partial charge in [0.1, 0.15) is 0 Å². The van der Waals surface area contributed by atoms with E-state index >= 15 is 0 Å². The molecule has 1 heterocycles. The van der Waals surface area contributed by atoms with Crippen LogP contribution in [-0.2, 0) is 0 Å². The Morgan fingerprint density at radius 3 is 2.35 bits per heavy atom. The van der Waals surface area contributed by atoms with Crippen LogP contribution in [0.5, 0.6) is 0 Å². The summed E-state index contributed by atoms with van der Waals surface area (Å²) in [5.41, 5.74) is 3.57. The van der Waals surface area contributed by atoms with E-state index in [-0.39, 0.29) is 0 Å². The van der Waals surface area contributed by atoms with Crippen molar-refractivity contribution in [1.82, 2.24) is 4.98 Å². The van der Waals surface area contributed by atoms with E-state index in [2.05, 4.69) is 11.9 Å². The van der Waals surface area contributed by atoms with Crippen molar-refractivity contribution in [3.8, 4) is 0 Å². The molecule has 0 bridgehead atoms. The summed E-state index contributed by atoms with van der Waals surface area (Å²) in [6.07, 6.45) is 8.28. The molecule has 0 aliphatic carbocycles. The predicted octanol–water partition coefficient (Wildman–Crippen LogP) is 4.89. The predicted molar refractivity (Wildman–Crippen MR) is 76.7 cm³/mol. The molecule has 1 aromatic heterocycles. The molecule has 0 spiro atoms. The van der Waals surface area contributed by atoms with Gasteiger partial charge >= 0.3 is 0 Å². The van der Waals surface area contributed by atoms with Gasteiger partial charge in [0.15, 0.2) is 0 Å². The number of halogens is 2. The second-order valence-electron chi connectivity index (χ2n) is 4.04. The van der Waals surface area contributed by atoms with Crippen LogP contribution >= 0.6 is 23.2 Å². The number of hydrogen-bond donors (Lipinski definition) is 0. The Labute approximate surface area is 114 Å². The number of unbranched alkanes of at least 4 members (excludes halogenated alkanes) is 2. The van der Waals surface area contributed by atoms with Crippen LogP contribution < -0.4 is 0 Å². The maximum atomic E-state index is 6.05. The first-order valence-electron chi connectivity index (χ1n) is 6.06. The molecule has 0 radical (unpaired) electrons. The molecule has 94 valence electrons. The first kappa shape index (κ1) is 14.5. The minimum atomic E-state index is 0.512. The molecular formula is C14H19Cl2N. The standard InChI is InChI=1S/C14H19Cl2N/c1-2-3-4-5-13(10-15)14(11-16)12-6-8-17-9-7-12/h6-9H,2-5,10-11H2,1H3/b14-13+. The zero-order valence-electron chi connectivity index (χ0n) is 10.3. The summed E-state index contributed by atoms with van der Waals surface area (Å²) in [6, 6.07) is 3.98. The molecule has 0 saturated heterocycles. The quantitative estimate of drug-likeness (QED) is 0.508. The third kappa shape index (κ3) is 4.69. The van der Waals surface area contributed by atoms with Crippen LogP contribution in [0.4, 0.5) is 0 Å². The largest absolute Gasteiger partial charge is 0.265 e. The fourth-order valence-corrected chi connectivity index (χ4v) is 2.45. The molecule has 0 atom stereocenters. The van der Waals surface area contributed by atoms with E-state index in [1.54, 1.807) is 12.4 Å². The van der Waals surface area contributed by atoms with E-state index in [9.17, 15) is 0 Å². The van der Waals surface area contributed by atoms with Gasteiger partial charge in [0.05, 0.1) is 0 Å². The highest BCUT2D eigenvalue weighted by Gasteiger charge is 2.07. The van der Waals surface area contributed by atoms with E-state index in [0.717, 1.165) is 12.0 Å². The van der Waals surface area contributed by atoms with Crippen molar-refractivity contribution in [2.45, 2.75) is 32.6 Å². The molecule has 1 rings (SSSR count). The number of allylic oxidation sites excluding steroid dienone is 2. The molecule has 1 aromatic rings. The van der Waals surface area contributed by atoms with Crippen molar-refractivity contribution in [1.29, 1.82) is 0 Å². The van der Waals surface area contributed by atoms with E-state index < -0.39 is 0 Å². The van der Waals surface area contributed by atoms with Crippen LogP contribution in [0.1, 0.15) is 38.2 Å². The molecule has 0 fully saturated rings. The highest BCUT2D eigenvalue weighted by Crippen LogP contribution is 2.24. The summed E-state index contributed by atoms with van der Waals surface area (Å²) in [5, 5.41) is 0. The van der Waals surface area contributed by atoms with Crippen LogP contribution in [0.3, 0.4) is 0 Å². The fourth-order valence-electron chi connectivity index (χ4n) is 1.82. The molecule has 0 aliphatic rings. The van der Waals surface area contributed by atoms with Crippen LogP contribution in [0.15, 0.2) is 30.1 Å². The van der Waals surface area contributed by atoms with E-state index in [4.69, 9.17) is 23.2 Å². The molecular weight excluding hydrogens is 253 g/mol. The topological polar surface area (TPSA) is 12.9 Å². The molecule has 3 heteroatoms. The third-order valence-electron chi connectivity index (χ3n) is 2.83. The Balaban J connectivity index is 2.86. The van der Waals surface area contributed by atoms with Gasteiger partial charge in [0.2, 0.25) is 0 Å². The Kier molecular flexibility index (Phi) is 7.30. The Bertz CT molecular complexity index is 346. The third-order valence-corrected chi connectivity index (χ3v) is 3.42. The average Bonchev–Trinajstić information content (AvgIpc) is 2.39. The maximum Gasteiger partial charge on any atom is 0.0480 e. The van der Waals surface area contributed by atoms with Gasteiger partial charge in [-0.2, -0.15) is 0 Å². The zero-order chi connectivity index (χ0) is 12.5. The van der Waals surface area contributed by atoms with E-state index in [1.165, 1.54) is 30.4 Å². The first-order chi connectivity index (χ1) is 8.33. The SMILES string of the molecule is CCCCC/C(CCl)=C(/CCl)c1ccncc1. The molecule has 0 amide bonds.